The molecular weight excluding hydrogens is 368 g/mol. The largest absolute Gasteiger partial charge is 0.493 e. The minimum absolute atomic E-state index is 0.00219. The normalized spacial score (nSPS) is 11.3. The number of hydrogen-bond donors (Lipinski definition) is 0. The van der Waals surface area contributed by atoms with Crippen molar-refractivity contribution in [2.24, 2.45) is 0 Å². The summed E-state index contributed by atoms with van der Waals surface area (Å²) in [6.07, 6.45) is 2.73. The Morgan fingerprint density at radius 2 is 1.80 bits per heavy atom. The van der Waals surface area contributed by atoms with Gasteiger partial charge in [-0.3, -0.25) is 0 Å². The molecule has 0 aliphatic heterocycles. The Kier molecular flexibility index (Phi) is 6.06. The van der Waals surface area contributed by atoms with Crippen LogP contribution in [0.4, 0.5) is 0 Å². The van der Waals surface area contributed by atoms with Crippen LogP contribution >= 0.6 is 11.6 Å². The van der Waals surface area contributed by atoms with Gasteiger partial charge in [0.05, 0.1) is 19.2 Å². The summed E-state index contributed by atoms with van der Waals surface area (Å²) >= 11 is 5.92. The third-order valence-electron chi connectivity index (χ3n) is 3.11. The lowest BCUT2D eigenvalue weighted by Gasteiger charge is -2.12. The maximum atomic E-state index is 12.4. The van der Waals surface area contributed by atoms with E-state index in [4.69, 9.17) is 20.5 Å². The first-order valence-corrected chi connectivity index (χ1v) is 8.79. The van der Waals surface area contributed by atoms with E-state index < -0.39 is 16.1 Å². The Labute approximate surface area is 150 Å². The third kappa shape index (κ3) is 4.74. The van der Waals surface area contributed by atoms with Crippen LogP contribution in [0.5, 0.6) is 11.5 Å². The van der Waals surface area contributed by atoms with Crippen molar-refractivity contribution in [3.8, 4) is 11.5 Å². The summed E-state index contributed by atoms with van der Waals surface area (Å²) in [6, 6.07) is 10.5. The van der Waals surface area contributed by atoms with Crippen LogP contribution < -0.4 is 8.92 Å². The average molecular weight is 383 g/mol. The van der Waals surface area contributed by atoms with Crippen molar-refractivity contribution < 1.29 is 26.9 Å². The minimum Gasteiger partial charge on any atom is -0.493 e. The zero-order chi connectivity index (χ0) is 18.4. The lowest BCUT2D eigenvalue weighted by atomic mass is 10.2. The number of benzene rings is 2. The van der Waals surface area contributed by atoms with Crippen LogP contribution in [-0.2, 0) is 19.6 Å². The van der Waals surface area contributed by atoms with Crippen molar-refractivity contribution in [3.63, 3.8) is 0 Å². The zero-order valence-corrected chi connectivity index (χ0v) is 15.0. The number of ether oxygens (including phenoxy) is 2. The van der Waals surface area contributed by atoms with Crippen molar-refractivity contribution in [2.75, 3.05) is 14.2 Å². The van der Waals surface area contributed by atoms with Gasteiger partial charge in [0, 0.05) is 6.08 Å². The third-order valence-corrected chi connectivity index (χ3v) is 4.84. The van der Waals surface area contributed by atoms with E-state index >= 15 is 0 Å². The van der Waals surface area contributed by atoms with Crippen molar-refractivity contribution in [2.45, 2.75) is 4.90 Å². The quantitative estimate of drug-likeness (QED) is 0.433. The van der Waals surface area contributed by atoms with Crippen molar-refractivity contribution in [1.29, 1.82) is 0 Å². The average Bonchev–Trinajstić information content (AvgIpc) is 2.60. The van der Waals surface area contributed by atoms with Gasteiger partial charge in [0.25, 0.3) is 0 Å². The van der Waals surface area contributed by atoms with Gasteiger partial charge in [0.2, 0.25) is 0 Å². The summed E-state index contributed by atoms with van der Waals surface area (Å²) in [5, 5.41) is 0.0547. The van der Waals surface area contributed by atoms with Crippen LogP contribution in [0.3, 0.4) is 0 Å². The molecule has 0 radical (unpaired) electrons. The molecule has 0 spiro atoms. The van der Waals surface area contributed by atoms with Crippen molar-refractivity contribution in [3.05, 3.63) is 59.1 Å². The molecule has 0 aromatic heterocycles. The Morgan fingerprint density at radius 1 is 1.08 bits per heavy atom. The molecule has 132 valence electrons. The molecule has 6 nitrogen and oxygen atoms in total. The van der Waals surface area contributed by atoms with E-state index in [1.54, 1.807) is 18.2 Å². The fourth-order valence-electron chi connectivity index (χ4n) is 1.90. The van der Waals surface area contributed by atoms with E-state index in [9.17, 15) is 13.2 Å². The molecule has 0 heterocycles. The Bertz CT molecular complexity index is 905. The first kappa shape index (κ1) is 18.8. The van der Waals surface area contributed by atoms with E-state index in [0.29, 0.717) is 5.56 Å². The molecule has 0 atom stereocenters. The van der Waals surface area contributed by atoms with Crippen LogP contribution in [0.15, 0.2) is 53.4 Å². The highest BCUT2D eigenvalue weighted by atomic mass is 35.5. The second-order valence-electron chi connectivity index (χ2n) is 4.73. The molecule has 2 aromatic rings. The Morgan fingerprint density at radius 3 is 2.44 bits per heavy atom. The van der Waals surface area contributed by atoms with Crippen molar-refractivity contribution >= 4 is 33.8 Å². The second kappa shape index (κ2) is 8.04. The van der Waals surface area contributed by atoms with Gasteiger partial charge < -0.3 is 13.7 Å². The molecule has 0 saturated carbocycles. The highest BCUT2D eigenvalue weighted by Crippen LogP contribution is 2.32. The smallest absolute Gasteiger partial charge is 0.340 e. The standard InChI is InChI=1S/C17H15ClO6S/c1-22-15-11-12(8-10-17(19)23-2)7-9-14(15)24-25(20,21)16-6-4-3-5-13(16)18/h3-11H,1-2H3/b10-8+. The molecular formula is C17H15ClO6S. The summed E-state index contributed by atoms with van der Waals surface area (Å²) in [7, 11) is -1.48. The molecule has 0 bridgehead atoms. The summed E-state index contributed by atoms with van der Waals surface area (Å²) < 4.78 is 39.6. The molecule has 2 rings (SSSR count). The van der Waals surface area contributed by atoms with E-state index in [1.165, 1.54) is 50.6 Å². The first-order valence-electron chi connectivity index (χ1n) is 7.00. The molecule has 0 aliphatic carbocycles. The lowest BCUT2D eigenvalue weighted by Crippen LogP contribution is -2.11. The zero-order valence-electron chi connectivity index (χ0n) is 13.4. The van der Waals surface area contributed by atoms with Crippen LogP contribution in [0.25, 0.3) is 6.08 Å². The van der Waals surface area contributed by atoms with Crippen molar-refractivity contribution in [1.82, 2.24) is 0 Å². The molecule has 0 amide bonds. The van der Waals surface area contributed by atoms with E-state index in [-0.39, 0.29) is 21.4 Å². The monoisotopic (exact) mass is 382 g/mol. The minimum atomic E-state index is -4.12. The van der Waals surface area contributed by atoms with E-state index in [2.05, 4.69) is 4.74 Å². The number of carbonyl (C=O) groups excluding carboxylic acids is 1. The van der Waals surface area contributed by atoms with Gasteiger partial charge in [-0.05, 0) is 35.9 Å². The van der Waals surface area contributed by atoms with Gasteiger partial charge in [0.1, 0.15) is 4.90 Å². The Balaban J connectivity index is 2.32. The second-order valence-corrected chi connectivity index (χ2v) is 6.66. The molecule has 0 unspecified atom stereocenters. The van der Waals surface area contributed by atoms with Crippen LogP contribution in [-0.4, -0.2) is 28.6 Å². The molecule has 0 N–H and O–H groups in total. The van der Waals surface area contributed by atoms with Gasteiger partial charge in [-0.25, -0.2) is 4.79 Å². The van der Waals surface area contributed by atoms with Gasteiger partial charge in [-0.1, -0.05) is 29.8 Å². The van der Waals surface area contributed by atoms with Gasteiger partial charge >= 0.3 is 16.1 Å². The Hall–Kier alpha value is -2.51. The summed E-state index contributed by atoms with van der Waals surface area (Å²) in [5.41, 5.74) is 0.602. The molecule has 0 saturated heterocycles. The van der Waals surface area contributed by atoms with Crippen LogP contribution in [0, 0.1) is 0 Å². The highest BCUT2D eigenvalue weighted by Gasteiger charge is 2.21. The number of methoxy groups -OCH3 is 2. The summed E-state index contributed by atoms with van der Waals surface area (Å²) in [4.78, 5) is 11.0. The molecule has 25 heavy (non-hydrogen) atoms. The fraction of sp³-hybridized carbons (Fsp3) is 0.118. The SMILES string of the molecule is COC(=O)/C=C/c1ccc(OS(=O)(=O)c2ccccc2Cl)c(OC)c1. The van der Waals surface area contributed by atoms with Crippen LogP contribution in [0.2, 0.25) is 5.02 Å². The van der Waals surface area contributed by atoms with Gasteiger partial charge in [0.15, 0.2) is 11.5 Å². The molecule has 8 heteroatoms. The van der Waals surface area contributed by atoms with E-state index in [0.717, 1.165) is 0 Å². The van der Waals surface area contributed by atoms with Gasteiger partial charge in [-0.15, -0.1) is 0 Å². The number of hydrogen-bond acceptors (Lipinski definition) is 6. The maximum absolute atomic E-state index is 12.4. The fourth-order valence-corrected chi connectivity index (χ4v) is 3.33. The lowest BCUT2D eigenvalue weighted by molar-refractivity contribution is -0.134. The van der Waals surface area contributed by atoms with Crippen LogP contribution in [0.1, 0.15) is 5.56 Å². The number of esters is 1. The number of carbonyl (C=O) groups is 1. The summed E-state index contributed by atoms with van der Waals surface area (Å²) in [6.45, 7) is 0. The maximum Gasteiger partial charge on any atom is 0.340 e. The predicted molar refractivity (Wildman–Crippen MR) is 93.3 cm³/mol. The summed E-state index contributed by atoms with van der Waals surface area (Å²) in [5.74, 6) is -0.333. The first-order chi connectivity index (χ1) is 11.9. The molecule has 0 fully saturated rings. The predicted octanol–water partition coefficient (Wildman–Crippen LogP) is 3.30. The number of rotatable bonds is 6. The topological polar surface area (TPSA) is 78.9 Å². The molecule has 0 aliphatic rings. The molecule has 2 aromatic carbocycles. The van der Waals surface area contributed by atoms with E-state index in [1.807, 2.05) is 0 Å². The van der Waals surface area contributed by atoms with Gasteiger partial charge in [-0.2, -0.15) is 8.42 Å². The number of halogens is 1. The highest BCUT2D eigenvalue weighted by molar-refractivity contribution is 7.87.